The van der Waals surface area contributed by atoms with Crippen molar-refractivity contribution in [3.8, 4) is 11.3 Å². The standard InChI is InChI=1S/C41H24N2O2/c44-41-40-33(24-37(45-40)25-12-2-1-3-13-25)32-20-11-19-31-30-18-10-17-29-28-16-6-8-22-35(28)42(38(29)30)34-21-7-4-14-26(34)27-15-5-9-23-36(27)43(41)39(31)32/h1-24H. The van der Waals surface area contributed by atoms with Crippen molar-refractivity contribution < 1.29 is 4.42 Å². The number of furan rings is 1. The first-order valence-electron chi connectivity index (χ1n) is 15.2. The molecule has 0 aliphatic heterocycles. The van der Waals surface area contributed by atoms with Crippen LogP contribution in [0.4, 0.5) is 0 Å². The first kappa shape index (κ1) is 24.3. The third-order valence-electron chi connectivity index (χ3n) is 9.30. The quantitative estimate of drug-likeness (QED) is 0.195. The number of nitrogens with zero attached hydrogens (tertiary/aromatic N) is 2. The summed E-state index contributed by atoms with van der Waals surface area (Å²) in [5.74, 6) is 0.678. The van der Waals surface area contributed by atoms with Crippen molar-refractivity contribution in [3.63, 3.8) is 0 Å². The minimum Gasteiger partial charge on any atom is -0.450 e. The largest absolute Gasteiger partial charge is 0.450 e. The zero-order valence-electron chi connectivity index (χ0n) is 24.1. The molecule has 0 atom stereocenters. The summed E-state index contributed by atoms with van der Waals surface area (Å²) in [5.41, 5.74) is 6.13. The molecular formula is C41H24N2O2. The van der Waals surface area contributed by atoms with E-state index >= 15 is 0 Å². The summed E-state index contributed by atoms with van der Waals surface area (Å²) in [5, 5.41) is 8.25. The van der Waals surface area contributed by atoms with Gasteiger partial charge in [0.05, 0.1) is 27.6 Å². The molecule has 6 aromatic carbocycles. The van der Waals surface area contributed by atoms with Crippen LogP contribution in [0.1, 0.15) is 0 Å². The molecule has 4 heterocycles. The van der Waals surface area contributed by atoms with Crippen molar-refractivity contribution >= 4 is 76.3 Å². The molecule has 0 fully saturated rings. The lowest BCUT2D eigenvalue weighted by molar-refractivity contribution is 0.625. The normalized spacial score (nSPS) is 12.1. The van der Waals surface area contributed by atoms with Gasteiger partial charge in [-0.25, -0.2) is 0 Å². The van der Waals surface area contributed by atoms with E-state index in [0.29, 0.717) is 11.3 Å². The highest BCUT2D eigenvalue weighted by atomic mass is 16.3. The van der Waals surface area contributed by atoms with Crippen LogP contribution in [0.15, 0.2) is 155 Å². The van der Waals surface area contributed by atoms with E-state index < -0.39 is 0 Å². The number of hydrogen-bond donors (Lipinski definition) is 0. The van der Waals surface area contributed by atoms with E-state index in [1.807, 2.05) is 59.0 Å². The van der Waals surface area contributed by atoms with E-state index in [0.717, 1.165) is 65.5 Å². The Morgan fingerprint density at radius 2 is 0.822 bits per heavy atom. The Morgan fingerprint density at radius 3 is 1.42 bits per heavy atom. The molecule has 0 radical (unpaired) electrons. The first-order chi connectivity index (χ1) is 22.3. The molecule has 0 aliphatic carbocycles. The van der Waals surface area contributed by atoms with Gasteiger partial charge in [0.1, 0.15) is 5.76 Å². The Balaban J connectivity index is 1.61. The maximum Gasteiger partial charge on any atom is 0.299 e. The van der Waals surface area contributed by atoms with Crippen LogP contribution in [0.2, 0.25) is 0 Å². The predicted octanol–water partition coefficient (Wildman–Crippen LogP) is 10.3. The molecule has 4 heteroatoms. The Bertz CT molecular complexity index is 2940. The number of aromatic nitrogens is 2. The number of hydrogen-bond acceptors (Lipinski definition) is 2. The number of pyridine rings is 1. The average molecular weight is 577 g/mol. The van der Waals surface area contributed by atoms with E-state index in [9.17, 15) is 4.79 Å². The maximum atomic E-state index is 14.8. The summed E-state index contributed by atoms with van der Waals surface area (Å²) in [7, 11) is 0. The third kappa shape index (κ3) is 3.23. The Labute approximate surface area is 256 Å². The van der Waals surface area contributed by atoms with Gasteiger partial charge in [0.2, 0.25) is 5.58 Å². The molecule has 0 unspecified atom stereocenters. The molecule has 10 rings (SSSR count). The average Bonchev–Trinajstić information content (AvgIpc) is 3.70. The number of fused-ring (bicyclic) bond motifs is 11. The molecule has 0 saturated heterocycles. The van der Waals surface area contributed by atoms with Gasteiger partial charge in [0.15, 0.2) is 0 Å². The van der Waals surface area contributed by atoms with Gasteiger partial charge >= 0.3 is 0 Å². The maximum absolute atomic E-state index is 14.8. The molecule has 0 bridgehead atoms. The summed E-state index contributed by atoms with van der Waals surface area (Å²) in [4.78, 5) is 14.8. The van der Waals surface area contributed by atoms with Gasteiger partial charge in [-0.1, -0.05) is 121 Å². The van der Waals surface area contributed by atoms with Gasteiger partial charge in [-0.2, -0.15) is 0 Å². The minimum atomic E-state index is -0.176. The summed E-state index contributed by atoms with van der Waals surface area (Å²) >= 11 is 0. The van der Waals surface area contributed by atoms with Crippen LogP contribution in [-0.4, -0.2) is 8.80 Å². The lowest BCUT2D eigenvalue weighted by Gasteiger charge is -2.12. The molecule has 0 aliphatic rings. The van der Waals surface area contributed by atoms with Crippen LogP contribution in [0.5, 0.6) is 0 Å². The van der Waals surface area contributed by atoms with Crippen molar-refractivity contribution in [2.75, 3.05) is 0 Å². The van der Waals surface area contributed by atoms with Crippen molar-refractivity contribution in [1.82, 2.24) is 8.80 Å². The van der Waals surface area contributed by atoms with E-state index in [-0.39, 0.29) is 5.56 Å². The third-order valence-corrected chi connectivity index (χ3v) is 9.30. The fourth-order valence-corrected chi connectivity index (χ4v) is 7.43. The second kappa shape index (κ2) is 8.94. The highest BCUT2D eigenvalue weighted by Gasteiger charge is 2.20. The van der Waals surface area contributed by atoms with Gasteiger partial charge in [-0.15, -0.1) is 0 Å². The highest BCUT2D eigenvalue weighted by Crippen LogP contribution is 2.39. The number of rotatable bonds is 1. The minimum absolute atomic E-state index is 0.176. The molecule has 0 saturated carbocycles. The summed E-state index contributed by atoms with van der Waals surface area (Å²) in [6.45, 7) is 0. The molecule has 210 valence electrons. The zero-order chi connectivity index (χ0) is 29.6. The molecule has 0 N–H and O–H groups in total. The number of benzene rings is 6. The van der Waals surface area contributed by atoms with Crippen LogP contribution >= 0.6 is 0 Å². The summed E-state index contributed by atoms with van der Waals surface area (Å²) < 4.78 is 10.7. The SMILES string of the molecule is O=c1c2oc(-c3ccccc3)cc2c2cccc3c4cccc5c6ccccc6n(c6ccccc6c6ccccc6n1c23)c45. The fraction of sp³-hybridized carbons (Fsp3) is 0. The van der Waals surface area contributed by atoms with Gasteiger partial charge in [-0.3, -0.25) is 9.20 Å². The topological polar surface area (TPSA) is 39.0 Å². The number of para-hydroxylation sites is 5. The summed E-state index contributed by atoms with van der Waals surface area (Å²) in [6.07, 6.45) is 0. The van der Waals surface area contributed by atoms with E-state index in [4.69, 9.17) is 4.42 Å². The Kier molecular flexibility index (Phi) is 4.83. The van der Waals surface area contributed by atoms with Crippen LogP contribution < -0.4 is 5.56 Å². The summed E-state index contributed by atoms with van der Waals surface area (Å²) in [6, 6.07) is 50.2. The van der Waals surface area contributed by atoms with E-state index in [2.05, 4.69) is 95.4 Å². The van der Waals surface area contributed by atoms with Gasteiger partial charge in [0, 0.05) is 48.7 Å². The predicted molar refractivity (Wildman–Crippen MR) is 186 cm³/mol. The zero-order valence-corrected chi connectivity index (χ0v) is 24.1. The molecule has 0 amide bonds. The van der Waals surface area contributed by atoms with Crippen LogP contribution in [-0.2, 0) is 0 Å². The first-order valence-corrected chi connectivity index (χ1v) is 15.2. The van der Waals surface area contributed by atoms with Crippen molar-refractivity contribution in [2.24, 2.45) is 0 Å². The van der Waals surface area contributed by atoms with Gasteiger partial charge in [-0.05, 0) is 24.3 Å². The van der Waals surface area contributed by atoms with Crippen LogP contribution in [0, 0.1) is 0 Å². The molecule has 10 aromatic rings. The van der Waals surface area contributed by atoms with Gasteiger partial charge < -0.3 is 8.82 Å². The lowest BCUT2D eigenvalue weighted by Crippen LogP contribution is -2.14. The Hall–Kier alpha value is -6.13. The van der Waals surface area contributed by atoms with Crippen molar-refractivity contribution in [1.29, 1.82) is 0 Å². The van der Waals surface area contributed by atoms with Crippen LogP contribution in [0.3, 0.4) is 0 Å². The second-order valence-electron chi connectivity index (χ2n) is 11.7. The van der Waals surface area contributed by atoms with E-state index in [1.54, 1.807) is 0 Å². The second-order valence-corrected chi connectivity index (χ2v) is 11.7. The van der Waals surface area contributed by atoms with Crippen LogP contribution in [0.25, 0.3) is 87.6 Å². The monoisotopic (exact) mass is 576 g/mol. The Morgan fingerprint density at radius 1 is 0.400 bits per heavy atom. The van der Waals surface area contributed by atoms with E-state index in [1.165, 1.54) is 10.8 Å². The smallest absolute Gasteiger partial charge is 0.299 e. The van der Waals surface area contributed by atoms with Crippen molar-refractivity contribution in [3.05, 3.63) is 156 Å². The molecule has 4 nitrogen and oxygen atoms in total. The molecule has 4 aromatic heterocycles. The fourth-order valence-electron chi connectivity index (χ4n) is 7.43. The highest BCUT2D eigenvalue weighted by molar-refractivity contribution is 6.24. The molecule has 0 spiro atoms. The molecule has 45 heavy (non-hydrogen) atoms. The van der Waals surface area contributed by atoms with Crippen molar-refractivity contribution in [2.45, 2.75) is 0 Å². The van der Waals surface area contributed by atoms with Gasteiger partial charge in [0.25, 0.3) is 5.56 Å². The lowest BCUT2D eigenvalue weighted by atomic mass is 10.0. The molecular weight excluding hydrogens is 552 g/mol.